The minimum atomic E-state index is -0.450. The van der Waals surface area contributed by atoms with Gasteiger partial charge in [0, 0.05) is 0 Å². The molecular weight excluding hydrogens is 498 g/mol. The van der Waals surface area contributed by atoms with Gasteiger partial charge in [-0.2, -0.15) is 0 Å². The lowest BCUT2D eigenvalue weighted by atomic mass is 9.98. The van der Waals surface area contributed by atoms with Crippen LogP contribution >= 0.6 is 0 Å². The number of para-hydroxylation sites is 1. The summed E-state index contributed by atoms with van der Waals surface area (Å²) in [4.78, 5) is 28.6. The minimum absolute atomic E-state index is 0.105. The molecule has 3 rings (SSSR count). The van der Waals surface area contributed by atoms with Gasteiger partial charge in [-0.1, -0.05) is 96.1 Å². The van der Waals surface area contributed by atoms with Gasteiger partial charge in [-0.25, -0.2) is 4.79 Å². The molecule has 0 saturated heterocycles. The van der Waals surface area contributed by atoms with Crippen LogP contribution in [0.3, 0.4) is 0 Å². The van der Waals surface area contributed by atoms with Gasteiger partial charge in [0.15, 0.2) is 0 Å². The molecule has 5 heteroatoms. The molecule has 0 fully saturated rings. The molecule has 0 aliphatic rings. The van der Waals surface area contributed by atoms with Crippen molar-refractivity contribution in [2.75, 3.05) is 24.7 Å². The number of esters is 1. The van der Waals surface area contributed by atoms with E-state index in [-0.39, 0.29) is 19.1 Å². The quantitative estimate of drug-likeness (QED) is 0.120. The average molecular weight is 540 g/mol. The number of benzene rings is 3. The summed E-state index contributed by atoms with van der Waals surface area (Å²) in [6.07, 6.45) is 6.76. The second-order valence-corrected chi connectivity index (χ2v) is 10.0. The van der Waals surface area contributed by atoms with E-state index in [1.54, 1.807) is 17.9 Å². The molecule has 5 nitrogen and oxygen atoms in total. The molecule has 0 unspecified atom stereocenters. The molecule has 0 bridgehead atoms. The van der Waals surface area contributed by atoms with E-state index in [0.29, 0.717) is 30.8 Å². The number of carbonyl (C=O) groups is 2. The highest BCUT2D eigenvalue weighted by Crippen LogP contribution is 2.30. The molecule has 0 aromatic heterocycles. The van der Waals surface area contributed by atoms with Crippen LogP contribution < -0.4 is 4.90 Å². The van der Waals surface area contributed by atoms with Gasteiger partial charge in [0.05, 0.1) is 31.0 Å². The van der Waals surface area contributed by atoms with Crippen molar-refractivity contribution >= 4 is 17.6 Å². The first kappa shape index (κ1) is 30.6. The number of carbonyl (C=O) groups excluding carboxylic acids is 2. The summed E-state index contributed by atoms with van der Waals surface area (Å²) >= 11 is 0. The number of nitrogens with zero attached hydrogens (tertiary/aromatic N) is 1. The van der Waals surface area contributed by atoms with Gasteiger partial charge < -0.3 is 14.4 Å². The summed E-state index contributed by atoms with van der Waals surface area (Å²) in [6, 6.07) is 25.4. The summed E-state index contributed by atoms with van der Waals surface area (Å²) in [5, 5.41) is 0. The second kappa shape index (κ2) is 16.2. The van der Waals surface area contributed by atoms with E-state index in [2.05, 4.69) is 26.8 Å². The van der Waals surface area contributed by atoms with Crippen molar-refractivity contribution in [1.82, 2.24) is 0 Å². The van der Waals surface area contributed by atoms with Gasteiger partial charge in [0.25, 0.3) is 5.91 Å². The van der Waals surface area contributed by atoms with E-state index in [1.807, 2.05) is 78.9 Å². The third-order valence-electron chi connectivity index (χ3n) is 6.47. The number of anilines is 1. The molecule has 3 aromatic carbocycles. The van der Waals surface area contributed by atoms with Crippen molar-refractivity contribution in [3.8, 4) is 0 Å². The Morgan fingerprint density at radius 3 is 2.15 bits per heavy atom. The van der Waals surface area contributed by atoms with Crippen molar-refractivity contribution in [2.45, 2.75) is 53.5 Å². The summed E-state index contributed by atoms with van der Waals surface area (Å²) in [5.41, 5.74) is 6.38. The third kappa shape index (κ3) is 9.65. The maximum Gasteiger partial charge on any atom is 0.340 e. The highest BCUT2D eigenvalue weighted by atomic mass is 16.5. The van der Waals surface area contributed by atoms with Gasteiger partial charge in [-0.05, 0) is 69.7 Å². The van der Waals surface area contributed by atoms with E-state index in [0.717, 1.165) is 29.5 Å². The van der Waals surface area contributed by atoms with Crippen LogP contribution in [-0.2, 0) is 27.2 Å². The molecule has 0 aliphatic heterocycles. The number of rotatable bonds is 14. The van der Waals surface area contributed by atoms with Crippen molar-refractivity contribution in [3.05, 3.63) is 124 Å². The zero-order chi connectivity index (χ0) is 28.7. The number of hydrogen-bond acceptors (Lipinski definition) is 4. The number of allylic oxidation sites excluding steroid dienone is 3. The molecule has 0 aliphatic carbocycles. The predicted octanol–water partition coefficient (Wildman–Crippen LogP) is 7.70. The Balaban J connectivity index is 1.91. The Hall–Kier alpha value is -3.96. The Morgan fingerprint density at radius 2 is 1.50 bits per heavy atom. The first-order valence-electron chi connectivity index (χ1n) is 13.9. The van der Waals surface area contributed by atoms with Crippen molar-refractivity contribution in [2.24, 2.45) is 0 Å². The molecule has 210 valence electrons. The second-order valence-electron chi connectivity index (χ2n) is 10.0. The molecule has 1 amide bonds. The summed E-state index contributed by atoms with van der Waals surface area (Å²) in [5.74, 6) is -0.667. The van der Waals surface area contributed by atoms with E-state index >= 15 is 0 Å². The Labute approximate surface area is 239 Å². The fraction of sp³-hybridized carbons (Fsp3) is 0.314. The van der Waals surface area contributed by atoms with Crippen LogP contribution in [0.15, 0.2) is 102 Å². The molecule has 0 N–H and O–H groups in total. The van der Waals surface area contributed by atoms with Crippen LogP contribution in [0.1, 0.15) is 67.6 Å². The largest absolute Gasteiger partial charge is 0.462 e. The fourth-order valence-corrected chi connectivity index (χ4v) is 4.42. The molecule has 0 atom stereocenters. The maximum atomic E-state index is 13.8. The molecular formula is C35H41NO4. The normalized spacial score (nSPS) is 11.2. The molecule has 40 heavy (non-hydrogen) atoms. The highest BCUT2D eigenvalue weighted by molar-refractivity contribution is 6.04. The zero-order valence-corrected chi connectivity index (χ0v) is 24.2. The SMILES string of the molecule is CCOC(=O)c1cccc(Cc2ccccc2)c1N(Cc1ccccc1)C(=O)COCC=C(C)CCC=C(C)C. The standard InChI is InChI=1S/C35H41NO4/c1-5-40-35(38)32-21-13-20-31(24-29-16-8-6-9-17-29)34(32)36(25-30-18-10-7-11-19-30)33(37)26-39-23-22-28(4)15-12-14-27(2)3/h6-11,13-14,16-22H,5,12,15,23-26H2,1-4H3. The zero-order valence-electron chi connectivity index (χ0n) is 24.2. The predicted molar refractivity (Wildman–Crippen MR) is 163 cm³/mol. The molecule has 0 heterocycles. The van der Waals surface area contributed by atoms with Crippen LogP contribution in [0.4, 0.5) is 5.69 Å². The molecule has 0 radical (unpaired) electrons. The monoisotopic (exact) mass is 539 g/mol. The van der Waals surface area contributed by atoms with E-state index in [9.17, 15) is 9.59 Å². The molecule has 0 saturated carbocycles. The van der Waals surface area contributed by atoms with Gasteiger partial charge in [0.1, 0.15) is 6.61 Å². The first-order chi connectivity index (χ1) is 19.4. The van der Waals surface area contributed by atoms with Gasteiger partial charge in [0.2, 0.25) is 0 Å². The van der Waals surface area contributed by atoms with Crippen LogP contribution in [0.5, 0.6) is 0 Å². The van der Waals surface area contributed by atoms with E-state index in [4.69, 9.17) is 9.47 Å². The van der Waals surface area contributed by atoms with Crippen LogP contribution in [-0.4, -0.2) is 31.7 Å². The first-order valence-corrected chi connectivity index (χ1v) is 13.9. The fourth-order valence-electron chi connectivity index (χ4n) is 4.42. The lowest BCUT2D eigenvalue weighted by molar-refractivity contribution is -0.122. The Kier molecular flexibility index (Phi) is 12.4. The Morgan fingerprint density at radius 1 is 0.825 bits per heavy atom. The van der Waals surface area contributed by atoms with Gasteiger partial charge in [-0.3, -0.25) is 4.79 Å². The summed E-state index contributed by atoms with van der Waals surface area (Å²) in [7, 11) is 0. The van der Waals surface area contributed by atoms with Crippen molar-refractivity contribution in [3.63, 3.8) is 0 Å². The van der Waals surface area contributed by atoms with Gasteiger partial charge in [-0.15, -0.1) is 0 Å². The van der Waals surface area contributed by atoms with Gasteiger partial charge >= 0.3 is 5.97 Å². The number of ether oxygens (including phenoxy) is 2. The Bertz CT molecular complexity index is 1290. The van der Waals surface area contributed by atoms with Crippen LogP contribution in [0.2, 0.25) is 0 Å². The van der Waals surface area contributed by atoms with E-state index < -0.39 is 5.97 Å². The van der Waals surface area contributed by atoms with E-state index in [1.165, 1.54) is 11.1 Å². The lowest BCUT2D eigenvalue weighted by Gasteiger charge is -2.28. The van der Waals surface area contributed by atoms with Crippen LogP contribution in [0, 0.1) is 0 Å². The molecule has 3 aromatic rings. The lowest BCUT2D eigenvalue weighted by Crippen LogP contribution is -2.36. The maximum absolute atomic E-state index is 13.8. The topological polar surface area (TPSA) is 55.8 Å². The average Bonchev–Trinajstić information content (AvgIpc) is 2.95. The smallest absolute Gasteiger partial charge is 0.340 e. The highest BCUT2D eigenvalue weighted by Gasteiger charge is 2.26. The number of hydrogen-bond donors (Lipinski definition) is 0. The molecule has 0 spiro atoms. The van der Waals surface area contributed by atoms with Crippen LogP contribution in [0.25, 0.3) is 0 Å². The summed E-state index contributed by atoms with van der Waals surface area (Å²) in [6.45, 7) is 8.85. The van der Waals surface area contributed by atoms with Crippen molar-refractivity contribution in [1.29, 1.82) is 0 Å². The minimum Gasteiger partial charge on any atom is -0.462 e. The third-order valence-corrected chi connectivity index (χ3v) is 6.47. The summed E-state index contributed by atoms with van der Waals surface area (Å²) < 4.78 is 11.2. The number of amides is 1. The van der Waals surface area contributed by atoms with Crippen molar-refractivity contribution < 1.29 is 19.1 Å².